The van der Waals surface area contributed by atoms with Gasteiger partial charge in [-0.05, 0) is 57.8 Å². The summed E-state index contributed by atoms with van der Waals surface area (Å²) in [5.74, 6) is -0.0413. The summed E-state index contributed by atoms with van der Waals surface area (Å²) >= 11 is 0. The van der Waals surface area contributed by atoms with Crippen molar-refractivity contribution in [3.05, 3.63) is 60.2 Å². The van der Waals surface area contributed by atoms with E-state index in [1.54, 1.807) is 17.1 Å². The van der Waals surface area contributed by atoms with E-state index in [1.807, 2.05) is 48.2 Å². The highest BCUT2D eigenvalue weighted by Gasteiger charge is 2.30. The quantitative estimate of drug-likeness (QED) is 0.700. The SMILES string of the molecule is Cc1ccc(-n2nc(C(=O)N3CCC(N(C)C)C3)cc2-c2ccccn2)cn1. The van der Waals surface area contributed by atoms with Crippen molar-refractivity contribution < 1.29 is 4.79 Å². The molecule has 0 N–H and O–H groups in total. The van der Waals surface area contributed by atoms with Crippen molar-refractivity contribution >= 4 is 5.91 Å². The second kappa shape index (κ2) is 7.52. The monoisotopic (exact) mass is 376 g/mol. The van der Waals surface area contributed by atoms with Gasteiger partial charge in [0.15, 0.2) is 5.69 Å². The second-order valence-electron chi connectivity index (χ2n) is 7.36. The first-order valence-electron chi connectivity index (χ1n) is 9.43. The predicted molar refractivity (Wildman–Crippen MR) is 107 cm³/mol. The van der Waals surface area contributed by atoms with Crippen molar-refractivity contribution in [1.29, 1.82) is 0 Å². The van der Waals surface area contributed by atoms with Crippen LogP contribution in [0.15, 0.2) is 48.8 Å². The fourth-order valence-electron chi connectivity index (χ4n) is 3.47. The molecule has 1 saturated heterocycles. The molecule has 1 aliphatic rings. The number of amides is 1. The lowest BCUT2D eigenvalue weighted by Gasteiger charge is -2.19. The number of aromatic nitrogens is 4. The van der Waals surface area contributed by atoms with E-state index in [4.69, 9.17) is 0 Å². The van der Waals surface area contributed by atoms with Crippen LogP contribution in [-0.2, 0) is 0 Å². The maximum atomic E-state index is 13.1. The third-order valence-electron chi connectivity index (χ3n) is 5.18. The number of hydrogen-bond donors (Lipinski definition) is 0. The number of nitrogens with zero attached hydrogens (tertiary/aromatic N) is 6. The van der Waals surface area contributed by atoms with Crippen molar-refractivity contribution in [3.8, 4) is 17.1 Å². The topological polar surface area (TPSA) is 67.2 Å². The third kappa shape index (κ3) is 3.53. The Hall–Kier alpha value is -3.06. The molecule has 4 rings (SSSR count). The van der Waals surface area contributed by atoms with Crippen LogP contribution >= 0.6 is 0 Å². The summed E-state index contributed by atoms with van der Waals surface area (Å²) in [6, 6.07) is 11.8. The van der Waals surface area contributed by atoms with E-state index in [0.717, 1.165) is 42.3 Å². The van der Waals surface area contributed by atoms with Gasteiger partial charge in [0.1, 0.15) is 0 Å². The minimum Gasteiger partial charge on any atom is -0.336 e. The Bertz CT molecular complexity index is 964. The van der Waals surface area contributed by atoms with E-state index in [2.05, 4.69) is 34.1 Å². The average molecular weight is 376 g/mol. The molecule has 1 amide bonds. The Labute approximate surface area is 164 Å². The van der Waals surface area contributed by atoms with Gasteiger partial charge in [0.25, 0.3) is 5.91 Å². The molecule has 3 aromatic rings. The molecule has 0 saturated carbocycles. The van der Waals surface area contributed by atoms with Gasteiger partial charge in [0, 0.05) is 31.0 Å². The lowest BCUT2D eigenvalue weighted by Crippen LogP contribution is -2.34. The summed E-state index contributed by atoms with van der Waals surface area (Å²) in [5.41, 5.74) is 3.71. The van der Waals surface area contributed by atoms with E-state index in [0.29, 0.717) is 11.7 Å². The zero-order chi connectivity index (χ0) is 19.7. The fourth-order valence-corrected chi connectivity index (χ4v) is 3.47. The van der Waals surface area contributed by atoms with Crippen LogP contribution in [0.5, 0.6) is 0 Å². The lowest BCUT2D eigenvalue weighted by atomic mass is 10.2. The van der Waals surface area contributed by atoms with Crippen LogP contribution in [0.4, 0.5) is 0 Å². The summed E-state index contributed by atoms with van der Waals surface area (Å²) in [7, 11) is 4.11. The summed E-state index contributed by atoms with van der Waals surface area (Å²) in [6.07, 6.45) is 4.49. The summed E-state index contributed by atoms with van der Waals surface area (Å²) in [6.45, 7) is 3.42. The maximum Gasteiger partial charge on any atom is 0.274 e. The molecule has 0 aromatic carbocycles. The lowest BCUT2D eigenvalue weighted by molar-refractivity contribution is 0.0777. The number of likely N-dealkylation sites (N-methyl/N-ethyl adjacent to an activating group) is 1. The molecule has 7 nitrogen and oxygen atoms in total. The standard InChI is InChI=1S/C21H24N6O/c1-15-7-8-16(13-23-15)27-20(18-6-4-5-10-22-18)12-19(24-27)21(28)26-11-9-17(14-26)25(2)3/h4-8,10,12-13,17H,9,11,14H2,1-3H3. The molecule has 1 unspecified atom stereocenters. The number of likely N-dealkylation sites (tertiary alicyclic amines) is 1. The van der Waals surface area contributed by atoms with Gasteiger partial charge in [-0.1, -0.05) is 6.07 Å². The van der Waals surface area contributed by atoms with E-state index in [9.17, 15) is 4.79 Å². The minimum absolute atomic E-state index is 0.0413. The molecular formula is C21H24N6O. The van der Waals surface area contributed by atoms with Gasteiger partial charge in [-0.3, -0.25) is 14.8 Å². The molecule has 144 valence electrons. The Morgan fingerprint density at radius 3 is 2.68 bits per heavy atom. The van der Waals surface area contributed by atoms with E-state index in [-0.39, 0.29) is 5.91 Å². The first-order valence-corrected chi connectivity index (χ1v) is 9.43. The minimum atomic E-state index is -0.0413. The zero-order valence-electron chi connectivity index (χ0n) is 16.4. The Kier molecular flexibility index (Phi) is 4.92. The van der Waals surface area contributed by atoms with Gasteiger partial charge in [-0.2, -0.15) is 5.10 Å². The van der Waals surface area contributed by atoms with Crippen molar-refractivity contribution in [2.45, 2.75) is 19.4 Å². The van der Waals surface area contributed by atoms with Crippen LogP contribution in [0.3, 0.4) is 0 Å². The molecule has 1 aliphatic heterocycles. The molecule has 1 atom stereocenters. The van der Waals surface area contributed by atoms with Gasteiger partial charge < -0.3 is 9.80 Å². The molecule has 0 aliphatic carbocycles. The van der Waals surface area contributed by atoms with Crippen molar-refractivity contribution in [2.24, 2.45) is 0 Å². The van der Waals surface area contributed by atoms with Crippen LogP contribution in [-0.4, -0.2) is 68.7 Å². The Balaban J connectivity index is 1.71. The van der Waals surface area contributed by atoms with Crippen LogP contribution in [0.1, 0.15) is 22.6 Å². The molecule has 3 aromatic heterocycles. The van der Waals surface area contributed by atoms with E-state index < -0.39 is 0 Å². The zero-order valence-corrected chi connectivity index (χ0v) is 16.4. The van der Waals surface area contributed by atoms with Crippen LogP contribution in [0.2, 0.25) is 0 Å². The largest absolute Gasteiger partial charge is 0.336 e. The maximum absolute atomic E-state index is 13.1. The molecule has 4 heterocycles. The highest BCUT2D eigenvalue weighted by molar-refractivity contribution is 5.93. The van der Waals surface area contributed by atoms with Crippen molar-refractivity contribution in [2.75, 3.05) is 27.2 Å². The average Bonchev–Trinajstić information content (AvgIpc) is 3.37. The number of carbonyl (C=O) groups excluding carboxylic acids is 1. The molecule has 0 bridgehead atoms. The second-order valence-corrected chi connectivity index (χ2v) is 7.36. The van der Waals surface area contributed by atoms with Gasteiger partial charge in [0.05, 0.1) is 23.3 Å². The summed E-state index contributed by atoms with van der Waals surface area (Å²) < 4.78 is 1.75. The van der Waals surface area contributed by atoms with Gasteiger partial charge in [0.2, 0.25) is 0 Å². The van der Waals surface area contributed by atoms with E-state index in [1.165, 1.54) is 0 Å². The van der Waals surface area contributed by atoms with Crippen molar-refractivity contribution in [1.82, 2.24) is 29.5 Å². The Morgan fingerprint density at radius 1 is 1.18 bits per heavy atom. The van der Waals surface area contributed by atoms with E-state index >= 15 is 0 Å². The Morgan fingerprint density at radius 2 is 2.04 bits per heavy atom. The fraction of sp³-hybridized carbons (Fsp3) is 0.333. The van der Waals surface area contributed by atoms with Gasteiger partial charge in [-0.25, -0.2) is 4.68 Å². The van der Waals surface area contributed by atoms with Crippen LogP contribution in [0.25, 0.3) is 17.1 Å². The molecule has 0 radical (unpaired) electrons. The number of aryl methyl sites for hydroxylation is 1. The van der Waals surface area contributed by atoms with Crippen LogP contribution in [0, 0.1) is 6.92 Å². The molecule has 7 heteroatoms. The summed E-state index contributed by atoms with van der Waals surface area (Å²) in [5, 5.41) is 4.63. The third-order valence-corrected chi connectivity index (χ3v) is 5.18. The van der Waals surface area contributed by atoms with Crippen molar-refractivity contribution in [3.63, 3.8) is 0 Å². The number of carbonyl (C=O) groups is 1. The number of rotatable bonds is 4. The first kappa shape index (κ1) is 18.3. The van der Waals surface area contributed by atoms with Gasteiger partial charge >= 0.3 is 0 Å². The molecule has 1 fully saturated rings. The molecule has 0 spiro atoms. The number of hydrogen-bond acceptors (Lipinski definition) is 5. The predicted octanol–water partition coefficient (Wildman–Crippen LogP) is 2.41. The highest BCUT2D eigenvalue weighted by atomic mass is 16.2. The summed E-state index contributed by atoms with van der Waals surface area (Å²) in [4.78, 5) is 26.0. The smallest absolute Gasteiger partial charge is 0.274 e. The molecular weight excluding hydrogens is 352 g/mol. The number of pyridine rings is 2. The first-order chi connectivity index (χ1) is 13.5. The van der Waals surface area contributed by atoms with Crippen LogP contribution < -0.4 is 0 Å². The van der Waals surface area contributed by atoms with Gasteiger partial charge in [-0.15, -0.1) is 0 Å². The molecule has 28 heavy (non-hydrogen) atoms. The highest BCUT2D eigenvalue weighted by Crippen LogP contribution is 2.24. The normalized spacial score (nSPS) is 16.7.